The quantitative estimate of drug-likeness (QED) is 0.741. The summed E-state index contributed by atoms with van der Waals surface area (Å²) in [6.07, 6.45) is 1.01. The number of amides is 1. The Balaban J connectivity index is 2.61. The van der Waals surface area contributed by atoms with Gasteiger partial charge in [-0.05, 0) is 19.1 Å². The van der Waals surface area contributed by atoms with Gasteiger partial charge >= 0.3 is 0 Å². The third-order valence-corrected chi connectivity index (χ3v) is 1.51. The van der Waals surface area contributed by atoms with E-state index in [4.69, 9.17) is 0 Å². The molecule has 1 aromatic heterocycles. The molecule has 0 saturated heterocycles. The summed E-state index contributed by atoms with van der Waals surface area (Å²) in [4.78, 5) is 15.0. The van der Waals surface area contributed by atoms with Gasteiger partial charge in [-0.2, -0.15) is 0 Å². The van der Waals surface area contributed by atoms with E-state index in [-0.39, 0.29) is 11.6 Å². The molecule has 3 nitrogen and oxygen atoms in total. The van der Waals surface area contributed by atoms with Gasteiger partial charge in [-0.25, -0.2) is 9.37 Å². The van der Waals surface area contributed by atoms with Crippen LogP contribution < -0.4 is 5.32 Å². The summed E-state index contributed by atoms with van der Waals surface area (Å²) in [5, 5.41) is 2.59. The van der Waals surface area contributed by atoms with Crippen molar-refractivity contribution < 1.29 is 9.18 Å². The van der Waals surface area contributed by atoms with Gasteiger partial charge in [0, 0.05) is 6.54 Å². The van der Waals surface area contributed by atoms with Gasteiger partial charge in [-0.3, -0.25) is 4.79 Å². The number of halogens is 1. The zero-order valence-electron chi connectivity index (χ0n) is 7.88. The summed E-state index contributed by atoms with van der Waals surface area (Å²) in [7, 11) is 0. The summed E-state index contributed by atoms with van der Waals surface area (Å²) in [6.45, 7) is 5.84. The molecule has 4 heteroatoms. The van der Waals surface area contributed by atoms with Crippen LogP contribution in [0.5, 0.6) is 0 Å². The molecule has 0 radical (unpaired) electrons. The highest BCUT2D eigenvalue weighted by molar-refractivity contribution is 5.92. The Labute approximate surface area is 81.7 Å². The molecule has 0 aliphatic heterocycles. The van der Waals surface area contributed by atoms with Crippen LogP contribution in [0.3, 0.4) is 0 Å². The lowest BCUT2D eigenvalue weighted by atomic mass is 10.3. The highest BCUT2D eigenvalue weighted by atomic mass is 19.1. The van der Waals surface area contributed by atoms with E-state index in [1.54, 1.807) is 6.92 Å². The van der Waals surface area contributed by atoms with Gasteiger partial charge in [0.05, 0.1) is 6.20 Å². The maximum absolute atomic E-state index is 12.5. The van der Waals surface area contributed by atoms with Gasteiger partial charge in [0.15, 0.2) is 0 Å². The van der Waals surface area contributed by atoms with E-state index in [0.29, 0.717) is 6.54 Å². The van der Waals surface area contributed by atoms with E-state index in [0.717, 1.165) is 11.8 Å². The normalized spacial score (nSPS) is 9.57. The van der Waals surface area contributed by atoms with Crippen LogP contribution in [0.15, 0.2) is 30.5 Å². The minimum atomic E-state index is -0.457. The van der Waals surface area contributed by atoms with Crippen LogP contribution in [0.2, 0.25) is 0 Å². The van der Waals surface area contributed by atoms with Crippen molar-refractivity contribution >= 4 is 5.91 Å². The standard InChI is InChI=1S/C10H11FN2O/c1-7(2)5-13-10(14)9-4-3-8(11)6-12-9/h3-4,6H,1,5H2,2H3,(H,13,14). The van der Waals surface area contributed by atoms with E-state index in [9.17, 15) is 9.18 Å². The molecule has 1 rings (SSSR count). The zero-order valence-corrected chi connectivity index (χ0v) is 7.88. The Kier molecular flexibility index (Phi) is 3.34. The Morgan fingerprint density at radius 1 is 1.64 bits per heavy atom. The lowest BCUT2D eigenvalue weighted by Crippen LogP contribution is -2.25. The van der Waals surface area contributed by atoms with Crippen molar-refractivity contribution in [2.45, 2.75) is 6.92 Å². The fourth-order valence-electron chi connectivity index (χ4n) is 0.832. The lowest BCUT2D eigenvalue weighted by Gasteiger charge is -2.03. The zero-order chi connectivity index (χ0) is 10.6. The van der Waals surface area contributed by atoms with Crippen molar-refractivity contribution in [1.29, 1.82) is 0 Å². The molecule has 0 spiro atoms. The first-order valence-corrected chi connectivity index (χ1v) is 4.13. The van der Waals surface area contributed by atoms with Crippen LogP contribution in [-0.2, 0) is 0 Å². The van der Waals surface area contributed by atoms with Gasteiger partial charge in [0.1, 0.15) is 11.5 Å². The van der Waals surface area contributed by atoms with Crippen LogP contribution >= 0.6 is 0 Å². The highest BCUT2D eigenvalue weighted by Crippen LogP contribution is 1.98. The van der Waals surface area contributed by atoms with Crippen LogP contribution in [0, 0.1) is 5.82 Å². The third-order valence-electron chi connectivity index (χ3n) is 1.51. The summed E-state index contributed by atoms with van der Waals surface area (Å²) in [6, 6.07) is 2.53. The van der Waals surface area contributed by atoms with Gasteiger partial charge in [0.25, 0.3) is 5.91 Å². The first kappa shape index (κ1) is 10.4. The van der Waals surface area contributed by atoms with Gasteiger partial charge < -0.3 is 5.32 Å². The van der Waals surface area contributed by atoms with Gasteiger partial charge in [0.2, 0.25) is 0 Å². The number of aromatic nitrogens is 1. The second-order valence-corrected chi connectivity index (χ2v) is 3.00. The molecule has 1 aromatic rings. The van der Waals surface area contributed by atoms with Gasteiger partial charge in [-0.1, -0.05) is 12.2 Å². The smallest absolute Gasteiger partial charge is 0.270 e. The summed E-state index contributed by atoms with van der Waals surface area (Å²) in [5.41, 5.74) is 1.05. The number of hydrogen-bond donors (Lipinski definition) is 1. The minimum Gasteiger partial charge on any atom is -0.347 e. The molecule has 0 fully saturated rings. The fraction of sp³-hybridized carbons (Fsp3) is 0.200. The molecule has 0 aliphatic carbocycles. The lowest BCUT2D eigenvalue weighted by molar-refractivity contribution is 0.0952. The molecule has 1 heterocycles. The van der Waals surface area contributed by atoms with Crippen LogP contribution in [-0.4, -0.2) is 17.4 Å². The van der Waals surface area contributed by atoms with Crippen molar-refractivity contribution in [2.75, 3.05) is 6.54 Å². The second-order valence-electron chi connectivity index (χ2n) is 3.00. The topological polar surface area (TPSA) is 42.0 Å². The first-order valence-electron chi connectivity index (χ1n) is 4.13. The molecule has 0 unspecified atom stereocenters. The molecule has 1 N–H and O–H groups in total. The van der Waals surface area contributed by atoms with Crippen molar-refractivity contribution in [1.82, 2.24) is 10.3 Å². The van der Waals surface area contributed by atoms with E-state index < -0.39 is 5.82 Å². The number of nitrogens with one attached hydrogen (secondary N) is 1. The number of pyridine rings is 1. The molecular formula is C10H11FN2O. The molecule has 0 aliphatic rings. The maximum atomic E-state index is 12.5. The van der Waals surface area contributed by atoms with Gasteiger partial charge in [-0.15, -0.1) is 0 Å². The third kappa shape index (κ3) is 2.97. The number of rotatable bonds is 3. The van der Waals surface area contributed by atoms with Crippen LogP contribution in [0.4, 0.5) is 4.39 Å². The van der Waals surface area contributed by atoms with Crippen LogP contribution in [0.1, 0.15) is 17.4 Å². The number of hydrogen-bond acceptors (Lipinski definition) is 2. The molecule has 0 aromatic carbocycles. The molecule has 14 heavy (non-hydrogen) atoms. The first-order chi connectivity index (χ1) is 6.59. The van der Waals surface area contributed by atoms with Crippen molar-refractivity contribution in [2.24, 2.45) is 0 Å². The summed E-state index contributed by atoms with van der Waals surface area (Å²) < 4.78 is 12.5. The fourth-order valence-corrected chi connectivity index (χ4v) is 0.832. The number of nitrogens with zero attached hydrogens (tertiary/aromatic N) is 1. The molecular weight excluding hydrogens is 183 g/mol. The number of carbonyl (C=O) groups excluding carboxylic acids is 1. The predicted molar refractivity (Wildman–Crippen MR) is 51.3 cm³/mol. The monoisotopic (exact) mass is 194 g/mol. The maximum Gasteiger partial charge on any atom is 0.270 e. The Bertz CT molecular complexity index is 346. The minimum absolute atomic E-state index is 0.202. The SMILES string of the molecule is C=C(C)CNC(=O)c1ccc(F)cn1. The molecule has 1 amide bonds. The van der Waals surface area contributed by atoms with Crippen LogP contribution in [0.25, 0.3) is 0 Å². The average Bonchev–Trinajstić information content (AvgIpc) is 2.15. The van der Waals surface area contributed by atoms with E-state index in [2.05, 4.69) is 16.9 Å². The van der Waals surface area contributed by atoms with Crippen molar-refractivity contribution in [3.63, 3.8) is 0 Å². The average molecular weight is 194 g/mol. The van der Waals surface area contributed by atoms with E-state index >= 15 is 0 Å². The largest absolute Gasteiger partial charge is 0.347 e. The number of carbonyl (C=O) groups is 1. The Hall–Kier alpha value is -1.71. The molecule has 0 atom stereocenters. The molecule has 74 valence electrons. The van der Waals surface area contributed by atoms with Crippen molar-refractivity contribution in [3.05, 3.63) is 42.0 Å². The van der Waals surface area contributed by atoms with Crippen molar-refractivity contribution in [3.8, 4) is 0 Å². The predicted octanol–water partition coefficient (Wildman–Crippen LogP) is 1.53. The highest BCUT2D eigenvalue weighted by Gasteiger charge is 2.05. The Morgan fingerprint density at radius 2 is 2.36 bits per heavy atom. The Morgan fingerprint density at radius 3 is 2.86 bits per heavy atom. The molecule has 0 saturated carbocycles. The summed E-state index contributed by atoms with van der Waals surface area (Å²) in [5.74, 6) is -0.783. The van der Waals surface area contributed by atoms with E-state index in [1.165, 1.54) is 12.1 Å². The second kappa shape index (κ2) is 4.50. The van der Waals surface area contributed by atoms with E-state index in [1.807, 2.05) is 0 Å². The summed E-state index contributed by atoms with van der Waals surface area (Å²) >= 11 is 0. The molecule has 0 bridgehead atoms.